The van der Waals surface area contributed by atoms with Crippen LogP contribution in [0.15, 0.2) is 42.7 Å². The van der Waals surface area contributed by atoms with Crippen molar-refractivity contribution < 1.29 is 9.59 Å². The number of aromatic amines is 1. The molecule has 1 aromatic carbocycles. The van der Waals surface area contributed by atoms with Crippen LogP contribution in [0, 0.1) is 0 Å². The number of amides is 2. The highest BCUT2D eigenvalue weighted by atomic mass is 16.2. The number of H-pyrrole nitrogens is 1. The van der Waals surface area contributed by atoms with E-state index in [1.165, 1.54) is 0 Å². The zero-order chi connectivity index (χ0) is 25.1. The fourth-order valence-corrected chi connectivity index (χ4v) is 5.23. The van der Waals surface area contributed by atoms with Gasteiger partial charge in [-0.15, -0.1) is 0 Å². The third-order valence-corrected chi connectivity index (χ3v) is 7.28. The Morgan fingerprint density at radius 2 is 1.92 bits per heavy atom. The molecule has 186 valence electrons. The van der Waals surface area contributed by atoms with Gasteiger partial charge in [-0.3, -0.25) is 14.6 Å². The lowest BCUT2D eigenvalue weighted by atomic mass is 9.91. The highest BCUT2D eigenvalue weighted by Crippen LogP contribution is 2.37. The predicted molar refractivity (Wildman–Crippen MR) is 144 cm³/mol. The van der Waals surface area contributed by atoms with Crippen LogP contribution < -0.4 is 10.6 Å². The van der Waals surface area contributed by atoms with E-state index < -0.39 is 0 Å². The van der Waals surface area contributed by atoms with E-state index in [1.807, 2.05) is 42.6 Å². The average Bonchev–Trinajstić information content (AvgIpc) is 3.44. The minimum Gasteiger partial charge on any atom is -0.351 e. The lowest BCUT2D eigenvalue weighted by Crippen LogP contribution is -2.35. The van der Waals surface area contributed by atoms with Crippen LogP contribution in [0.5, 0.6) is 0 Å². The number of anilines is 1. The van der Waals surface area contributed by atoms with Crippen LogP contribution in [-0.4, -0.2) is 52.9 Å². The molecular weight excluding hydrogens is 450 g/mol. The van der Waals surface area contributed by atoms with Gasteiger partial charge in [-0.25, -0.2) is 0 Å². The number of pyridine rings is 1. The van der Waals surface area contributed by atoms with Gasteiger partial charge >= 0.3 is 0 Å². The molecule has 3 aromatic rings. The fraction of sp³-hybridized carbons (Fsp3) is 0.345. The molecule has 0 spiro atoms. The number of likely N-dealkylation sites (N-methyl/N-ethyl adjacent to an activating group) is 1. The Bertz CT molecular complexity index is 1300. The molecule has 0 bridgehead atoms. The van der Waals surface area contributed by atoms with Crippen molar-refractivity contribution in [2.45, 2.75) is 39.5 Å². The van der Waals surface area contributed by atoms with Gasteiger partial charge in [0.1, 0.15) is 5.69 Å². The number of aromatic nitrogens is 2. The van der Waals surface area contributed by atoms with Crippen molar-refractivity contribution in [3.05, 3.63) is 70.8 Å². The molecule has 7 heteroatoms. The second kappa shape index (κ2) is 10.5. The van der Waals surface area contributed by atoms with Crippen LogP contribution in [0.4, 0.5) is 5.69 Å². The van der Waals surface area contributed by atoms with E-state index in [9.17, 15) is 9.59 Å². The standard InChI is InChI=1S/C29H33N5O2/c1-3-34(4-2)15-14-31-29(36)27-23-10-6-5-9-21(23)26(32-27)17-24-22-12-11-19(16-25(22)33-28(24)35)20-8-7-13-30-18-20/h7-8,11-13,16-18,32H,3-6,9-10,14-15H2,1-2H3,(H,31,36)(H,33,35)/b24-17-. The normalized spacial score (nSPS) is 15.6. The van der Waals surface area contributed by atoms with Crippen LogP contribution in [0.1, 0.15) is 59.6 Å². The van der Waals surface area contributed by atoms with Gasteiger partial charge in [0, 0.05) is 48.0 Å². The predicted octanol–water partition coefficient (Wildman–Crippen LogP) is 4.52. The number of nitrogens with zero attached hydrogens (tertiary/aromatic N) is 2. The molecule has 3 heterocycles. The molecule has 0 radical (unpaired) electrons. The quantitative estimate of drug-likeness (QED) is 0.411. The van der Waals surface area contributed by atoms with E-state index in [-0.39, 0.29) is 11.8 Å². The SMILES string of the molecule is CCN(CC)CCNC(=O)c1[nH]c(/C=C2\C(=O)Nc3cc(-c4cccnc4)ccc32)c2c1CCCC2. The summed E-state index contributed by atoms with van der Waals surface area (Å²) < 4.78 is 0. The fourth-order valence-electron chi connectivity index (χ4n) is 5.23. The Hall–Kier alpha value is -3.71. The molecule has 36 heavy (non-hydrogen) atoms. The van der Waals surface area contributed by atoms with E-state index in [0.29, 0.717) is 17.8 Å². The summed E-state index contributed by atoms with van der Waals surface area (Å²) in [4.78, 5) is 35.9. The largest absolute Gasteiger partial charge is 0.351 e. The number of rotatable bonds is 8. The van der Waals surface area contributed by atoms with Gasteiger partial charge in [0.2, 0.25) is 0 Å². The first kappa shape index (κ1) is 24.0. The second-order valence-corrected chi connectivity index (χ2v) is 9.37. The summed E-state index contributed by atoms with van der Waals surface area (Å²) in [5.41, 5.74) is 8.06. The Kier molecular flexibility index (Phi) is 7.00. The minimum absolute atomic E-state index is 0.0673. The minimum atomic E-state index is -0.127. The first-order chi connectivity index (χ1) is 17.6. The lowest BCUT2D eigenvalue weighted by Gasteiger charge is -2.18. The van der Waals surface area contributed by atoms with Gasteiger partial charge in [-0.2, -0.15) is 0 Å². The van der Waals surface area contributed by atoms with Crippen LogP contribution in [0.25, 0.3) is 22.8 Å². The Morgan fingerprint density at radius 3 is 2.67 bits per heavy atom. The third kappa shape index (κ3) is 4.71. The van der Waals surface area contributed by atoms with Crippen molar-refractivity contribution >= 4 is 29.2 Å². The number of carbonyl (C=O) groups excluding carboxylic acids is 2. The van der Waals surface area contributed by atoms with Gasteiger partial charge in [0.15, 0.2) is 0 Å². The molecule has 0 fully saturated rings. The number of hydrogen-bond acceptors (Lipinski definition) is 4. The molecule has 5 rings (SSSR count). The molecule has 0 saturated carbocycles. The molecule has 3 N–H and O–H groups in total. The summed E-state index contributed by atoms with van der Waals surface area (Å²) in [7, 11) is 0. The first-order valence-corrected chi connectivity index (χ1v) is 12.9. The van der Waals surface area contributed by atoms with E-state index in [2.05, 4.69) is 39.3 Å². The Labute approximate surface area is 212 Å². The molecule has 1 aliphatic heterocycles. The summed E-state index contributed by atoms with van der Waals surface area (Å²) >= 11 is 0. The maximum atomic E-state index is 13.1. The van der Waals surface area contributed by atoms with Crippen molar-refractivity contribution in [3.63, 3.8) is 0 Å². The Morgan fingerprint density at radius 1 is 1.11 bits per heavy atom. The van der Waals surface area contributed by atoms with Gasteiger partial charge in [-0.05, 0) is 73.7 Å². The van der Waals surface area contributed by atoms with Crippen LogP contribution in [-0.2, 0) is 17.6 Å². The van der Waals surface area contributed by atoms with Gasteiger partial charge in [-0.1, -0.05) is 32.0 Å². The zero-order valence-corrected chi connectivity index (χ0v) is 21.0. The molecule has 0 unspecified atom stereocenters. The van der Waals surface area contributed by atoms with Crippen LogP contribution in [0.3, 0.4) is 0 Å². The van der Waals surface area contributed by atoms with E-state index in [0.717, 1.165) is 84.5 Å². The smallest absolute Gasteiger partial charge is 0.268 e. The number of nitrogens with one attached hydrogen (secondary N) is 3. The first-order valence-electron chi connectivity index (χ1n) is 12.9. The summed E-state index contributed by atoms with van der Waals surface area (Å²) in [5.74, 6) is -0.194. The second-order valence-electron chi connectivity index (χ2n) is 9.37. The zero-order valence-electron chi connectivity index (χ0n) is 21.0. The van der Waals surface area contributed by atoms with Crippen LogP contribution >= 0.6 is 0 Å². The summed E-state index contributed by atoms with van der Waals surface area (Å²) in [6, 6.07) is 9.89. The Balaban J connectivity index is 1.43. The van der Waals surface area contributed by atoms with Crippen molar-refractivity contribution in [3.8, 4) is 11.1 Å². The maximum Gasteiger partial charge on any atom is 0.268 e. The monoisotopic (exact) mass is 483 g/mol. The summed E-state index contributed by atoms with van der Waals surface area (Å²) in [6.07, 6.45) is 9.42. The average molecular weight is 484 g/mol. The lowest BCUT2D eigenvalue weighted by molar-refractivity contribution is -0.110. The van der Waals surface area contributed by atoms with Gasteiger partial charge in [0.25, 0.3) is 11.8 Å². The van der Waals surface area contributed by atoms with E-state index in [1.54, 1.807) is 6.20 Å². The summed E-state index contributed by atoms with van der Waals surface area (Å²) in [6.45, 7) is 7.63. The van der Waals surface area contributed by atoms with Crippen molar-refractivity contribution in [1.82, 2.24) is 20.2 Å². The van der Waals surface area contributed by atoms with Crippen molar-refractivity contribution in [2.24, 2.45) is 0 Å². The van der Waals surface area contributed by atoms with E-state index >= 15 is 0 Å². The van der Waals surface area contributed by atoms with Gasteiger partial charge in [0.05, 0.1) is 5.57 Å². The van der Waals surface area contributed by atoms with Gasteiger partial charge < -0.3 is 20.5 Å². The molecule has 1 aliphatic carbocycles. The molecule has 0 saturated heterocycles. The molecule has 2 amide bonds. The number of fused-ring (bicyclic) bond motifs is 2. The number of benzene rings is 1. The molecule has 2 aromatic heterocycles. The maximum absolute atomic E-state index is 13.1. The van der Waals surface area contributed by atoms with Crippen LogP contribution in [0.2, 0.25) is 0 Å². The topological polar surface area (TPSA) is 90.1 Å². The van der Waals surface area contributed by atoms with E-state index in [4.69, 9.17) is 0 Å². The van der Waals surface area contributed by atoms with Crippen molar-refractivity contribution in [1.29, 1.82) is 0 Å². The third-order valence-electron chi connectivity index (χ3n) is 7.28. The highest BCUT2D eigenvalue weighted by molar-refractivity contribution is 6.35. The van der Waals surface area contributed by atoms with Crippen molar-refractivity contribution in [2.75, 3.05) is 31.5 Å². The highest BCUT2D eigenvalue weighted by Gasteiger charge is 2.28. The number of hydrogen-bond donors (Lipinski definition) is 3. The molecule has 0 atom stereocenters. The number of carbonyl (C=O) groups is 2. The molecular formula is C29H33N5O2. The molecule has 2 aliphatic rings. The summed E-state index contributed by atoms with van der Waals surface area (Å²) in [5, 5.41) is 6.10. The molecule has 7 nitrogen and oxygen atoms in total.